The van der Waals surface area contributed by atoms with Crippen LogP contribution in [0.1, 0.15) is 0 Å². The van der Waals surface area contributed by atoms with Crippen molar-refractivity contribution < 1.29 is 23.7 Å². The number of hydrogen-bond donors (Lipinski definition) is 0. The van der Waals surface area contributed by atoms with Crippen LogP contribution in [-0.2, 0) is 23.7 Å². The molecule has 1 aliphatic rings. The molecule has 2 rings (SSSR count). The Morgan fingerprint density at radius 3 is 1.50 bits per heavy atom. The average Bonchev–Trinajstić information content (AvgIpc) is 2.86. The molecule has 0 atom stereocenters. The highest BCUT2D eigenvalue weighted by Gasteiger charge is 2.09. The van der Waals surface area contributed by atoms with Gasteiger partial charge < -0.3 is 28.6 Å². The van der Waals surface area contributed by atoms with Gasteiger partial charge in [-0.1, -0.05) is 18.2 Å². The van der Waals surface area contributed by atoms with Crippen LogP contribution in [0.2, 0.25) is 0 Å². The number of ether oxygens (including phenoxy) is 5. The van der Waals surface area contributed by atoms with Crippen molar-refractivity contribution in [1.82, 2.24) is 0 Å². The Kier molecular flexibility index (Phi) is 10.9. The molecule has 1 aromatic rings. The Balaban J connectivity index is 1.89. The van der Waals surface area contributed by atoms with Crippen molar-refractivity contribution in [2.24, 2.45) is 0 Å². The SMILES string of the molecule is O=c1cccccc1N1CCOCCOCCOCCOCCOCC1. The van der Waals surface area contributed by atoms with Crippen LogP contribution in [0.4, 0.5) is 5.69 Å². The Labute approximate surface area is 154 Å². The van der Waals surface area contributed by atoms with E-state index in [1.165, 1.54) is 0 Å². The molecular weight excluding hydrogens is 338 g/mol. The van der Waals surface area contributed by atoms with Crippen LogP contribution in [0.5, 0.6) is 0 Å². The maximum atomic E-state index is 12.3. The summed E-state index contributed by atoms with van der Waals surface area (Å²) in [5.41, 5.74) is 0.644. The van der Waals surface area contributed by atoms with Gasteiger partial charge in [-0.2, -0.15) is 0 Å². The predicted octanol–water partition coefficient (Wildman–Crippen LogP) is 0.950. The minimum atomic E-state index is -0.0104. The molecule has 0 saturated carbocycles. The van der Waals surface area contributed by atoms with E-state index >= 15 is 0 Å². The van der Waals surface area contributed by atoms with E-state index in [9.17, 15) is 4.79 Å². The van der Waals surface area contributed by atoms with E-state index in [1.54, 1.807) is 12.1 Å². The van der Waals surface area contributed by atoms with Crippen LogP contribution in [0.3, 0.4) is 0 Å². The van der Waals surface area contributed by atoms with Crippen molar-refractivity contribution in [3.05, 3.63) is 40.6 Å². The first kappa shape index (κ1) is 20.8. The summed E-state index contributed by atoms with van der Waals surface area (Å²) in [7, 11) is 0. The largest absolute Gasteiger partial charge is 0.377 e. The second-order valence-corrected chi connectivity index (χ2v) is 5.71. The van der Waals surface area contributed by atoms with Gasteiger partial charge in [0.2, 0.25) is 5.43 Å². The molecule has 0 spiro atoms. The molecule has 0 aliphatic carbocycles. The molecule has 7 nitrogen and oxygen atoms in total. The third-order valence-corrected chi connectivity index (χ3v) is 3.82. The first-order chi connectivity index (χ1) is 12.9. The average molecular weight is 367 g/mol. The van der Waals surface area contributed by atoms with E-state index in [0.717, 1.165) is 0 Å². The van der Waals surface area contributed by atoms with Crippen molar-refractivity contribution in [3.63, 3.8) is 0 Å². The fourth-order valence-corrected chi connectivity index (χ4v) is 2.47. The molecule has 1 fully saturated rings. The smallest absolute Gasteiger partial charge is 0.201 e. The van der Waals surface area contributed by atoms with Crippen LogP contribution >= 0.6 is 0 Å². The van der Waals surface area contributed by atoms with E-state index in [4.69, 9.17) is 23.7 Å². The Bertz CT molecular complexity index is 523. The zero-order valence-electron chi connectivity index (χ0n) is 15.3. The Hall–Kier alpha value is -1.51. The van der Waals surface area contributed by atoms with E-state index in [-0.39, 0.29) is 5.43 Å². The Morgan fingerprint density at radius 1 is 0.577 bits per heavy atom. The minimum Gasteiger partial charge on any atom is -0.377 e. The Morgan fingerprint density at radius 2 is 1.00 bits per heavy atom. The fourth-order valence-electron chi connectivity index (χ4n) is 2.47. The molecular formula is C19H29NO6. The van der Waals surface area contributed by atoms with E-state index in [1.807, 2.05) is 23.1 Å². The molecule has 7 heteroatoms. The van der Waals surface area contributed by atoms with Gasteiger partial charge in [0.25, 0.3) is 0 Å². The van der Waals surface area contributed by atoms with Crippen LogP contribution in [0.25, 0.3) is 0 Å². The molecule has 146 valence electrons. The van der Waals surface area contributed by atoms with Gasteiger partial charge in [-0.15, -0.1) is 0 Å². The predicted molar refractivity (Wildman–Crippen MR) is 99.0 cm³/mol. The van der Waals surface area contributed by atoms with Gasteiger partial charge >= 0.3 is 0 Å². The van der Waals surface area contributed by atoms with Gasteiger partial charge in [0.1, 0.15) is 0 Å². The minimum absolute atomic E-state index is 0.0104. The second kappa shape index (κ2) is 13.7. The first-order valence-corrected chi connectivity index (χ1v) is 9.11. The molecule has 1 aliphatic heterocycles. The standard InChI is InChI=1S/C19H29NO6/c21-19-5-3-1-2-4-18(19)20-6-8-22-10-12-24-14-16-26-17-15-25-13-11-23-9-7-20/h1-5H,6-17H2. The van der Waals surface area contributed by atoms with Gasteiger partial charge in [0.15, 0.2) is 0 Å². The lowest BCUT2D eigenvalue weighted by Gasteiger charge is -2.23. The molecule has 1 heterocycles. The summed E-state index contributed by atoms with van der Waals surface area (Å²) in [5.74, 6) is 0. The van der Waals surface area contributed by atoms with Crippen LogP contribution < -0.4 is 10.3 Å². The van der Waals surface area contributed by atoms with Crippen LogP contribution in [0.15, 0.2) is 35.1 Å². The lowest BCUT2D eigenvalue weighted by atomic mass is 10.3. The molecule has 0 unspecified atom stereocenters. The lowest BCUT2D eigenvalue weighted by Crippen LogP contribution is -2.34. The van der Waals surface area contributed by atoms with Crippen molar-refractivity contribution in [3.8, 4) is 0 Å². The quantitative estimate of drug-likeness (QED) is 0.732. The normalized spacial score (nSPS) is 20.1. The molecule has 26 heavy (non-hydrogen) atoms. The maximum absolute atomic E-state index is 12.3. The van der Waals surface area contributed by atoms with Gasteiger partial charge in [-0.05, 0) is 12.1 Å². The highest BCUT2D eigenvalue weighted by atomic mass is 16.6. The second-order valence-electron chi connectivity index (χ2n) is 5.71. The van der Waals surface area contributed by atoms with Crippen molar-refractivity contribution in [2.45, 2.75) is 0 Å². The third-order valence-electron chi connectivity index (χ3n) is 3.82. The fraction of sp³-hybridized carbons (Fsp3) is 0.632. The van der Waals surface area contributed by atoms with Crippen molar-refractivity contribution in [1.29, 1.82) is 0 Å². The number of rotatable bonds is 1. The van der Waals surface area contributed by atoms with E-state index in [2.05, 4.69) is 0 Å². The number of nitrogens with zero attached hydrogens (tertiary/aromatic N) is 1. The van der Waals surface area contributed by atoms with Crippen molar-refractivity contribution in [2.75, 3.05) is 84.1 Å². The molecule has 0 bridgehead atoms. The van der Waals surface area contributed by atoms with Crippen molar-refractivity contribution >= 4 is 5.69 Å². The highest BCUT2D eigenvalue weighted by molar-refractivity contribution is 5.45. The zero-order valence-corrected chi connectivity index (χ0v) is 15.3. The third kappa shape index (κ3) is 8.73. The van der Waals surface area contributed by atoms with Gasteiger partial charge in [-0.25, -0.2) is 0 Å². The summed E-state index contributed by atoms with van der Waals surface area (Å²) < 4.78 is 27.5. The molecule has 1 aromatic carbocycles. The number of hydrogen-bond acceptors (Lipinski definition) is 7. The van der Waals surface area contributed by atoms with Gasteiger partial charge in [-0.3, -0.25) is 4.79 Å². The topological polar surface area (TPSA) is 66.5 Å². The summed E-state index contributed by atoms with van der Waals surface area (Å²) >= 11 is 0. The molecule has 1 saturated heterocycles. The first-order valence-electron chi connectivity index (χ1n) is 9.11. The van der Waals surface area contributed by atoms with E-state index < -0.39 is 0 Å². The zero-order chi connectivity index (χ0) is 18.3. The number of anilines is 1. The summed E-state index contributed by atoms with van der Waals surface area (Å²) in [6.45, 7) is 6.51. The summed E-state index contributed by atoms with van der Waals surface area (Å²) in [6.07, 6.45) is 0. The molecule has 0 N–H and O–H groups in total. The summed E-state index contributed by atoms with van der Waals surface area (Å²) in [6, 6.07) is 8.87. The summed E-state index contributed by atoms with van der Waals surface area (Å²) in [5, 5.41) is 0. The van der Waals surface area contributed by atoms with Gasteiger partial charge in [0.05, 0.1) is 71.8 Å². The van der Waals surface area contributed by atoms with Crippen LogP contribution in [0, 0.1) is 0 Å². The van der Waals surface area contributed by atoms with Gasteiger partial charge in [0, 0.05) is 13.1 Å². The molecule has 0 amide bonds. The monoisotopic (exact) mass is 367 g/mol. The van der Waals surface area contributed by atoms with E-state index in [0.29, 0.717) is 84.8 Å². The summed E-state index contributed by atoms with van der Waals surface area (Å²) in [4.78, 5) is 14.3. The molecule has 0 radical (unpaired) electrons. The van der Waals surface area contributed by atoms with Crippen LogP contribution in [-0.4, -0.2) is 79.2 Å². The molecule has 0 aromatic heterocycles. The maximum Gasteiger partial charge on any atom is 0.201 e. The lowest BCUT2D eigenvalue weighted by molar-refractivity contribution is -0.0116. The highest BCUT2D eigenvalue weighted by Crippen LogP contribution is 2.06.